The lowest BCUT2D eigenvalue weighted by Crippen LogP contribution is -2.53. The number of likely N-dealkylation sites (N-methyl/N-ethyl adjacent to an activating group) is 1. The molecule has 12 heteroatoms. The molecule has 0 aliphatic rings. The van der Waals surface area contributed by atoms with Crippen molar-refractivity contribution < 1.29 is 22.4 Å². The summed E-state index contributed by atoms with van der Waals surface area (Å²) in [5.41, 5.74) is 1.30. The van der Waals surface area contributed by atoms with Gasteiger partial charge in [0.15, 0.2) is 0 Å². The van der Waals surface area contributed by atoms with E-state index in [1.54, 1.807) is 6.92 Å². The molecule has 39 heavy (non-hydrogen) atoms. The largest absolute Gasteiger partial charge is 0.355 e. The molecule has 0 aliphatic carbocycles. The summed E-state index contributed by atoms with van der Waals surface area (Å²) in [7, 11) is -4.04. The third kappa shape index (κ3) is 8.32. The number of sulfonamides is 1. The number of carbonyl (C=O) groups excluding carboxylic acids is 2. The van der Waals surface area contributed by atoms with E-state index in [0.29, 0.717) is 12.1 Å². The maximum atomic E-state index is 13.9. The second-order valence-corrected chi connectivity index (χ2v) is 11.9. The van der Waals surface area contributed by atoms with Gasteiger partial charge in [-0.25, -0.2) is 12.8 Å². The highest BCUT2D eigenvalue weighted by molar-refractivity contribution is 7.92. The van der Waals surface area contributed by atoms with Gasteiger partial charge in [-0.3, -0.25) is 13.9 Å². The van der Waals surface area contributed by atoms with Gasteiger partial charge in [-0.05, 0) is 42.3 Å². The van der Waals surface area contributed by atoms with Crippen molar-refractivity contribution in [2.45, 2.75) is 25.9 Å². The van der Waals surface area contributed by atoms with E-state index < -0.39 is 40.2 Å². The van der Waals surface area contributed by atoms with Crippen molar-refractivity contribution in [3.63, 3.8) is 0 Å². The van der Waals surface area contributed by atoms with Gasteiger partial charge in [-0.15, -0.1) is 0 Å². The highest BCUT2D eigenvalue weighted by Crippen LogP contribution is 2.35. The monoisotopic (exact) mass is 613 g/mol. The van der Waals surface area contributed by atoms with Gasteiger partial charge in [0.05, 0.1) is 27.0 Å². The Morgan fingerprint density at radius 3 is 2.13 bits per heavy atom. The van der Waals surface area contributed by atoms with Gasteiger partial charge in [-0.2, -0.15) is 0 Å². The predicted octanol–water partition coefficient (Wildman–Crippen LogP) is 5.33. The maximum absolute atomic E-state index is 13.9. The number of hydrogen-bond donors (Lipinski definition) is 1. The summed E-state index contributed by atoms with van der Waals surface area (Å²) < 4.78 is 40.1. The van der Waals surface area contributed by atoms with Crippen LogP contribution in [0.15, 0.2) is 66.7 Å². The number of hydrogen-bond acceptors (Lipinski definition) is 4. The number of halogens is 4. The van der Waals surface area contributed by atoms with Crippen molar-refractivity contribution in [2.24, 2.45) is 0 Å². The summed E-state index contributed by atoms with van der Waals surface area (Å²) in [5, 5.41) is 2.89. The molecule has 3 aromatic carbocycles. The quantitative estimate of drug-likeness (QED) is 0.296. The summed E-state index contributed by atoms with van der Waals surface area (Å²) in [5.74, 6) is -1.56. The van der Waals surface area contributed by atoms with E-state index in [0.717, 1.165) is 16.1 Å². The molecule has 0 aromatic heterocycles. The Morgan fingerprint density at radius 1 is 0.923 bits per heavy atom. The normalized spacial score (nSPS) is 12.1. The summed E-state index contributed by atoms with van der Waals surface area (Å²) in [6.07, 6.45) is 1.08. The SMILES string of the molecule is CCNC(=O)[C@H](Cc1ccccc1)N(Cc1ccc(F)cc1)C(=O)CN(c1cc(Cl)c(Cl)cc1Cl)S(C)(=O)=O. The average Bonchev–Trinajstić information content (AvgIpc) is 2.88. The van der Waals surface area contributed by atoms with Gasteiger partial charge in [0.25, 0.3) is 0 Å². The maximum Gasteiger partial charge on any atom is 0.244 e. The van der Waals surface area contributed by atoms with Crippen molar-refractivity contribution in [1.29, 1.82) is 0 Å². The zero-order chi connectivity index (χ0) is 28.7. The highest BCUT2D eigenvalue weighted by Gasteiger charge is 2.33. The highest BCUT2D eigenvalue weighted by atomic mass is 35.5. The second kappa shape index (κ2) is 13.5. The molecule has 0 saturated carbocycles. The van der Waals surface area contributed by atoms with E-state index in [1.165, 1.54) is 41.3 Å². The fraction of sp³-hybridized carbons (Fsp3) is 0.259. The van der Waals surface area contributed by atoms with Crippen molar-refractivity contribution in [3.8, 4) is 0 Å². The molecule has 0 aliphatic heterocycles. The third-order valence-corrected chi connectivity index (χ3v) is 7.98. The molecule has 0 spiro atoms. The molecular formula is C27H27Cl3FN3O4S. The van der Waals surface area contributed by atoms with Gasteiger partial charge >= 0.3 is 0 Å². The van der Waals surface area contributed by atoms with E-state index in [1.807, 2.05) is 30.3 Å². The Hall–Kier alpha value is -2.85. The first-order chi connectivity index (χ1) is 18.4. The molecule has 7 nitrogen and oxygen atoms in total. The van der Waals surface area contributed by atoms with Crippen molar-refractivity contribution in [3.05, 3.63) is 98.7 Å². The minimum atomic E-state index is -4.04. The van der Waals surface area contributed by atoms with E-state index in [-0.39, 0.29) is 33.7 Å². The Kier molecular flexibility index (Phi) is 10.6. The minimum absolute atomic E-state index is 0.0303. The molecule has 0 saturated heterocycles. The molecule has 0 heterocycles. The van der Waals surface area contributed by atoms with E-state index in [2.05, 4.69) is 5.32 Å². The topological polar surface area (TPSA) is 86.8 Å². The Labute approximate surface area is 242 Å². The van der Waals surface area contributed by atoms with Crippen LogP contribution in [-0.4, -0.2) is 50.5 Å². The lowest BCUT2D eigenvalue weighted by atomic mass is 10.0. The molecule has 0 unspecified atom stereocenters. The molecule has 3 rings (SSSR count). The summed E-state index contributed by atoms with van der Waals surface area (Å²) in [6, 6.07) is 16.1. The van der Waals surface area contributed by atoms with Crippen LogP contribution in [0.5, 0.6) is 0 Å². The lowest BCUT2D eigenvalue weighted by Gasteiger charge is -2.33. The fourth-order valence-electron chi connectivity index (χ4n) is 3.93. The predicted molar refractivity (Wildman–Crippen MR) is 153 cm³/mol. The van der Waals surface area contributed by atoms with E-state index in [9.17, 15) is 22.4 Å². The lowest BCUT2D eigenvalue weighted by molar-refractivity contribution is -0.140. The summed E-state index contributed by atoms with van der Waals surface area (Å²) >= 11 is 18.4. The van der Waals surface area contributed by atoms with Gasteiger partial charge in [0, 0.05) is 19.5 Å². The zero-order valence-electron chi connectivity index (χ0n) is 21.2. The average molecular weight is 615 g/mol. The fourth-order valence-corrected chi connectivity index (χ4v) is 5.48. The number of anilines is 1. The zero-order valence-corrected chi connectivity index (χ0v) is 24.3. The number of carbonyl (C=O) groups is 2. The first-order valence-electron chi connectivity index (χ1n) is 11.9. The molecular weight excluding hydrogens is 588 g/mol. The molecule has 1 N–H and O–H groups in total. The van der Waals surface area contributed by atoms with Crippen LogP contribution in [-0.2, 0) is 32.6 Å². The molecule has 0 radical (unpaired) electrons. The molecule has 208 valence electrons. The number of nitrogens with one attached hydrogen (secondary N) is 1. The van der Waals surface area contributed by atoms with Gasteiger partial charge < -0.3 is 10.2 Å². The molecule has 1 atom stereocenters. The van der Waals surface area contributed by atoms with Crippen molar-refractivity contribution >= 4 is 62.3 Å². The van der Waals surface area contributed by atoms with E-state index >= 15 is 0 Å². The van der Waals surface area contributed by atoms with Gasteiger partial charge in [0.2, 0.25) is 21.8 Å². The molecule has 3 aromatic rings. The molecule has 2 amide bonds. The van der Waals surface area contributed by atoms with Crippen LogP contribution in [0, 0.1) is 5.82 Å². The number of benzene rings is 3. The standard InChI is InChI=1S/C27H27Cl3FN3O4S/c1-3-32-27(36)25(13-18-7-5-4-6-8-18)33(16-19-9-11-20(31)12-10-19)26(35)17-34(39(2,37)38)24-15-22(29)21(28)14-23(24)30/h4-12,14-15,25H,3,13,16-17H2,1-2H3,(H,32,36)/t25-/m0/s1. The third-order valence-electron chi connectivity index (χ3n) is 5.83. The minimum Gasteiger partial charge on any atom is -0.355 e. The number of amides is 2. The first-order valence-corrected chi connectivity index (χ1v) is 14.9. The first kappa shape index (κ1) is 30.7. The summed E-state index contributed by atoms with van der Waals surface area (Å²) in [6.45, 7) is 1.31. The van der Waals surface area contributed by atoms with Crippen LogP contribution in [0.25, 0.3) is 0 Å². The van der Waals surface area contributed by atoms with Crippen LogP contribution >= 0.6 is 34.8 Å². The molecule has 0 fully saturated rings. The number of nitrogens with zero attached hydrogens (tertiary/aromatic N) is 2. The van der Waals surface area contributed by atoms with Crippen molar-refractivity contribution in [2.75, 3.05) is 23.7 Å². The molecule has 0 bridgehead atoms. The van der Waals surface area contributed by atoms with Crippen molar-refractivity contribution in [1.82, 2.24) is 10.2 Å². The Morgan fingerprint density at radius 2 is 1.54 bits per heavy atom. The number of rotatable bonds is 11. The van der Waals surface area contributed by atoms with Gasteiger partial charge in [-0.1, -0.05) is 77.3 Å². The Balaban J connectivity index is 2.07. The van der Waals surface area contributed by atoms with Crippen LogP contribution in [0.1, 0.15) is 18.1 Å². The van der Waals surface area contributed by atoms with Crippen LogP contribution in [0.2, 0.25) is 15.1 Å². The second-order valence-electron chi connectivity index (χ2n) is 8.74. The smallest absolute Gasteiger partial charge is 0.244 e. The van der Waals surface area contributed by atoms with Crippen LogP contribution in [0.4, 0.5) is 10.1 Å². The summed E-state index contributed by atoms with van der Waals surface area (Å²) in [4.78, 5) is 28.5. The van der Waals surface area contributed by atoms with Crippen LogP contribution in [0.3, 0.4) is 0 Å². The Bertz CT molecular complexity index is 1420. The van der Waals surface area contributed by atoms with Crippen LogP contribution < -0.4 is 9.62 Å². The van der Waals surface area contributed by atoms with E-state index in [4.69, 9.17) is 34.8 Å². The van der Waals surface area contributed by atoms with Gasteiger partial charge in [0.1, 0.15) is 18.4 Å².